The quantitative estimate of drug-likeness (QED) is 0.232. The highest BCUT2D eigenvalue weighted by atomic mass is 32.1. The van der Waals surface area contributed by atoms with Crippen LogP contribution in [-0.4, -0.2) is 15.0 Å². The Kier molecular flexibility index (Phi) is 4.87. The van der Waals surface area contributed by atoms with Gasteiger partial charge in [0.25, 0.3) is 0 Å². The van der Waals surface area contributed by atoms with Crippen LogP contribution in [0.3, 0.4) is 0 Å². The van der Waals surface area contributed by atoms with Crippen LogP contribution in [0, 0.1) is 0 Å². The van der Waals surface area contributed by atoms with Gasteiger partial charge in [-0.1, -0.05) is 91.0 Å². The minimum absolute atomic E-state index is 0.682. The summed E-state index contributed by atoms with van der Waals surface area (Å²) >= 11 is 3.59. The van der Waals surface area contributed by atoms with Crippen LogP contribution < -0.4 is 0 Å². The van der Waals surface area contributed by atoms with E-state index in [1.54, 1.807) is 22.7 Å². The van der Waals surface area contributed by atoms with Gasteiger partial charge in [0, 0.05) is 57.0 Å². The SMILES string of the molecule is c1ccc(-c2nc(-c3cccc4c3sc3ccccc34)nc(-c3cccc4c3sc3ccccc34)n2)cc1. The van der Waals surface area contributed by atoms with E-state index >= 15 is 0 Å². The Labute approximate surface area is 226 Å². The zero-order chi connectivity index (χ0) is 25.1. The average molecular weight is 522 g/mol. The summed E-state index contributed by atoms with van der Waals surface area (Å²) in [5.74, 6) is 2.08. The largest absolute Gasteiger partial charge is 0.208 e. The third-order valence-corrected chi connectivity index (χ3v) is 9.40. The molecule has 0 spiro atoms. The lowest BCUT2D eigenvalue weighted by atomic mass is 10.1. The molecule has 3 aromatic heterocycles. The molecular weight excluding hydrogens is 503 g/mol. The van der Waals surface area contributed by atoms with E-state index in [1.165, 1.54) is 40.3 Å². The van der Waals surface area contributed by atoms with Gasteiger partial charge < -0.3 is 0 Å². The standard InChI is InChI=1S/C33H19N3S2/c1-2-10-20(11-3-1)31-34-32(25-16-8-14-23-21-12-4-6-18-27(21)37-29(23)25)36-33(35-31)26-17-9-15-24-22-13-5-7-19-28(22)38-30(24)26/h1-19H. The Bertz CT molecular complexity index is 2010. The normalized spacial score (nSPS) is 11.7. The molecule has 5 heteroatoms. The summed E-state index contributed by atoms with van der Waals surface area (Å²) in [7, 11) is 0. The Hall–Kier alpha value is -4.45. The fraction of sp³-hybridized carbons (Fsp3) is 0. The zero-order valence-electron chi connectivity index (χ0n) is 20.1. The Balaban J connectivity index is 1.43. The van der Waals surface area contributed by atoms with Crippen molar-refractivity contribution in [2.24, 2.45) is 0 Å². The highest BCUT2D eigenvalue weighted by Gasteiger charge is 2.18. The molecule has 8 rings (SSSR count). The van der Waals surface area contributed by atoms with Crippen molar-refractivity contribution in [3.05, 3.63) is 115 Å². The third kappa shape index (κ3) is 3.36. The van der Waals surface area contributed by atoms with Gasteiger partial charge in [0.15, 0.2) is 17.5 Å². The summed E-state index contributed by atoms with van der Waals surface area (Å²) in [6.45, 7) is 0. The fourth-order valence-corrected chi connectivity index (χ4v) is 7.60. The van der Waals surface area contributed by atoms with Gasteiger partial charge in [0.05, 0.1) is 0 Å². The van der Waals surface area contributed by atoms with Crippen molar-refractivity contribution in [3.8, 4) is 34.2 Å². The van der Waals surface area contributed by atoms with Crippen LogP contribution in [0.25, 0.3) is 74.5 Å². The van der Waals surface area contributed by atoms with Crippen molar-refractivity contribution in [1.82, 2.24) is 15.0 Å². The Morgan fingerprint density at radius 1 is 0.368 bits per heavy atom. The van der Waals surface area contributed by atoms with Crippen LogP contribution in [0.15, 0.2) is 115 Å². The molecule has 0 N–H and O–H groups in total. The van der Waals surface area contributed by atoms with E-state index in [1.807, 2.05) is 18.2 Å². The predicted octanol–water partition coefficient (Wildman–Crippen LogP) is 9.61. The number of hydrogen-bond acceptors (Lipinski definition) is 5. The first kappa shape index (κ1) is 21.6. The maximum absolute atomic E-state index is 5.13. The van der Waals surface area contributed by atoms with Gasteiger partial charge in [-0.2, -0.15) is 0 Å². The van der Waals surface area contributed by atoms with E-state index < -0.39 is 0 Å². The van der Waals surface area contributed by atoms with E-state index in [-0.39, 0.29) is 0 Å². The second-order valence-electron chi connectivity index (χ2n) is 9.23. The maximum Gasteiger partial charge on any atom is 0.165 e. The molecule has 3 heterocycles. The summed E-state index contributed by atoms with van der Waals surface area (Å²) in [6, 6.07) is 40.2. The monoisotopic (exact) mass is 521 g/mol. The van der Waals surface area contributed by atoms with Crippen LogP contribution in [0.2, 0.25) is 0 Å². The lowest BCUT2D eigenvalue weighted by Gasteiger charge is -2.09. The molecule has 0 saturated carbocycles. The number of thiophene rings is 2. The molecule has 0 unspecified atom stereocenters. The molecule has 0 radical (unpaired) electrons. The summed E-state index contributed by atoms with van der Waals surface area (Å²) in [4.78, 5) is 15.2. The summed E-state index contributed by atoms with van der Waals surface area (Å²) in [6.07, 6.45) is 0. The van der Waals surface area contributed by atoms with Crippen LogP contribution in [0.5, 0.6) is 0 Å². The van der Waals surface area contributed by atoms with Crippen molar-refractivity contribution in [1.29, 1.82) is 0 Å². The molecule has 0 atom stereocenters. The lowest BCUT2D eigenvalue weighted by molar-refractivity contribution is 1.08. The lowest BCUT2D eigenvalue weighted by Crippen LogP contribution is -2.00. The maximum atomic E-state index is 5.13. The van der Waals surface area contributed by atoms with E-state index in [9.17, 15) is 0 Å². The van der Waals surface area contributed by atoms with E-state index in [0.29, 0.717) is 17.5 Å². The van der Waals surface area contributed by atoms with E-state index in [2.05, 4.69) is 97.1 Å². The predicted molar refractivity (Wildman–Crippen MR) is 162 cm³/mol. The van der Waals surface area contributed by atoms with Gasteiger partial charge in [0.2, 0.25) is 0 Å². The molecule has 3 nitrogen and oxygen atoms in total. The molecule has 178 valence electrons. The van der Waals surface area contributed by atoms with Crippen LogP contribution >= 0.6 is 22.7 Å². The van der Waals surface area contributed by atoms with Gasteiger partial charge in [-0.15, -0.1) is 22.7 Å². The van der Waals surface area contributed by atoms with Gasteiger partial charge in [-0.3, -0.25) is 0 Å². The third-order valence-electron chi connectivity index (χ3n) is 6.96. The van der Waals surface area contributed by atoms with Crippen LogP contribution in [-0.2, 0) is 0 Å². The second kappa shape index (κ2) is 8.55. The summed E-state index contributed by atoms with van der Waals surface area (Å²) < 4.78 is 4.93. The smallest absolute Gasteiger partial charge is 0.165 e. The van der Waals surface area contributed by atoms with Gasteiger partial charge in [-0.25, -0.2) is 15.0 Å². The van der Waals surface area contributed by atoms with Gasteiger partial charge >= 0.3 is 0 Å². The van der Waals surface area contributed by atoms with Gasteiger partial charge in [0.1, 0.15) is 0 Å². The number of hydrogen-bond donors (Lipinski definition) is 0. The topological polar surface area (TPSA) is 38.7 Å². The second-order valence-corrected chi connectivity index (χ2v) is 11.3. The fourth-order valence-electron chi connectivity index (χ4n) is 5.18. The molecule has 38 heavy (non-hydrogen) atoms. The van der Waals surface area contributed by atoms with Gasteiger partial charge in [-0.05, 0) is 24.3 Å². The molecule has 8 aromatic rings. The molecule has 0 fully saturated rings. The zero-order valence-corrected chi connectivity index (χ0v) is 21.8. The van der Waals surface area contributed by atoms with Crippen molar-refractivity contribution in [2.45, 2.75) is 0 Å². The van der Waals surface area contributed by atoms with Crippen molar-refractivity contribution in [2.75, 3.05) is 0 Å². The Morgan fingerprint density at radius 2 is 0.816 bits per heavy atom. The van der Waals surface area contributed by atoms with Crippen molar-refractivity contribution < 1.29 is 0 Å². The minimum Gasteiger partial charge on any atom is -0.208 e. The van der Waals surface area contributed by atoms with Crippen molar-refractivity contribution in [3.63, 3.8) is 0 Å². The summed E-state index contributed by atoms with van der Waals surface area (Å²) in [5.41, 5.74) is 3.05. The van der Waals surface area contributed by atoms with Crippen LogP contribution in [0.1, 0.15) is 0 Å². The molecular formula is C33H19N3S2. The van der Waals surface area contributed by atoms with E-state index in [4.69, 9.17) is 15.0 Å². The minimum atomic E-state index is 0.682. The van der Waals surface area contributed by atoms with Crippen LogP contribution in [0.4, 0.5) is 0 Å². The molecule has 5 aromatic carbocycles. The molecule has 0 saturated heterocycles. The highest BCUT2D eigenvalue weighted by molar-refractivity contribution is 7.26. The number of aromatic nitrogens is 3. The molecule has 0 amide bonds. The van der Waals surface area contributed by atoms with Crippen molar-refractivity contribution >= 4 is 63.0 Å². The number of rotatable bonds is 3. The van der Waals surface area contributed by atoms with E-state index in [0.717, 1.165) is 16.7 Å². The molecule has 0 aliphatic heterocycles. The number of fused-ring (bicyclic) bond motifs is 6. The number of benzene rings is 5. The first-order chi connectivity index (χ1) is 18.8. The molecule has 0 aliphatic rings. The Morgan fingerprint density at radius 3 is 1.37 bits per heavy atom. The molecule has 0 bridgehead atoms. The highest BCUT2D eigenvalue weighted by Crippen LogP contribution is 2.41. The first-order valence-corrected chi connectivity index (χ1v) is 14.1. The first-order valence-electron chi connectivity index (χ1n) is 12.5. The molecule has 0 aliphatic carbocycles. The average Bonchev–Trinajstić information content (AvgIpc) is 3.56. The summed E-state index contributed by atoms with van der Waals surface area (Å²) in [5, 5.41) is 5.00. The number of nitrogens with zero attached hydrogens (tertiary/aromatic N) is 3.